The molecule has 4 aromatic carbocycles. The number of carbonyl (C=O) groups is 1. The van der Waals surface area contributed by atoms with Gasteiger partial charge in [-0.25, -0.2) is 8.42 Å². The van der Waals surface area contributed by atoms with Crippen LogP contribution in [-0.2, 0) is 16.6 Å². The number of aromatic nitrogens is 1. The van der Waals surface area contributed by atoms with Gasteiger partial charge in [0.25, 0.3) is 15.9 Å². The van der Waals surface area contributed by atoms with Crippen LogP contribution in [-0.4, -0.2) is 31.7 Å². The van der Waals surface area contributed by atoms with Gasteiger partial charge in [0.2, 0.25) is 0 Å². The van der Waals surface area contributed by atoms with Crippen molar-refractivity contribution in [2.45, 2.75) is 30.2 Å². The molecule has 194 valence electrons. The maximum absolute atomic E-state index is 13.3. The first-order valence-corrected chi connectivity index (χ1v) is 15.1. The van der Waals surface area contributed by atoms with Crippen LogP contribution in [0.3, 0.4) is 0 Å². The highest BCUT2D eigenvalue weighted by molar-refractivity contribution is 7.98. The van der Waals surface area contributed by atoms with Crippen molar-refractivity contribution >= 4 is 60.9 Å². The predicted molar refractivity (Wildman–Crippen MR) is 158 cm³/mol. The molecule has 6 nitrogen and oxygen atoms in total. The molecule has 0 aliphatic heterocycles. The van der Waals surface area contributed by atoms with Crippen molar-refractivity contribution in [2.75, 3.05) is 22.4 Å². The van der Waals surface area contributed by atoms with Crippen LogP contribution >= 0.6 is 11.8 Å². The minimum absolute atomic E-state index is 0.235. The summed E-state index contributed by atoms with van der Waals surface area (Å²) in [6.45, 7) is 5.04. The van der Waals surface area contributed by atoms with Crippen LogP contribution in [0.25, 0.3) is 21.8 Å². The molecule has 0 fully saturated rings. The summed E-state index contributed by atoms with van der Waals surface area (Å²) in [5.41, 5.74) is 3.95. The summed E-state index contributed by atoms with van der Waals surface area (Å²) in [5, 5.41) is 5.22. The normalized spacial score (nSPS) is 11.7. The van der Waals surface area contributed by atoms with E-state index in [4.69, 9.17) is 0 Å². The fraction of sp³-hybridized carbons (Fsp3) is 0.167. The average Bonchev–Trinajstić information content (AvgIpc) is 3.26. The van der Waals surface area contributed by atoms with Gasteiger partial charge >= 0.3 is 0 Å². The van der Waals surface area contributed by atoms with Gasteiger partial charge in [0, 0.05) is 51.0 Å². The van der Waals surface area contributed by atoms with Gasteiger partial charge in [-0.05, 0) is 92.9 Å². The Kier molecular flexibility index (Phi) is 7.19. The molecule has 1 N–H and O–H groups in total. The summed E-state index contributed by atoms with van der Waals surface area (Å²) in [6.07, 6.45) is 1.95. The number of hydrogen-bond donors (Lipinski definition) is 1. The van der Waals surface area contributed by atoms with E-state index in [2.05, 4.69) is 28.9 Å². The fourth-order valence-corrected chi connectivity index (χ4v) is 6.70. The number of para-hydroxylation sites is 1. The molecule has 0 saturated carbocycles. The topological polar surface area (TPSA) is 71.4 Å². The van der Waals surface area contributed by atoms with Gasteiger partial charge in [0.15, 0.2) is 0 Å². The van der Waals surface area contributed by atoms with Crippen LogP contribution in [0, 0.1) is 0 Å². The van der Waals surface area contributed by atoms with Gasteiger partial charge in [-0.15, -0.1) is 11.8 Å². The van der Waals surface area contributed by atoms with Crippen molar-refractivity contribution in [2.24, 2.45) is 0 Å². The maximum Gasteiger partial charge on any atom is 0.264 e. The Balaban J connectivity index is 1.38. The van der Waals surface area contributed by atoms with Crippen molar-refractivity contribution in [3.05, 3.63) is 96.6 Å². The molecule has 1 amide bonds. The van der Waals surface area contributed by atoms with Crippen molar-refractivity contribution in [1.29, 1.82) is 0 Å². The molecule has 38 heavy (non-hydrogen) atoms. The molecule has 0 aliphatic rings. The molecule has 1 heterocycles. The lowest BCUT2D eigenvalue weighted by Crippen LogP contribution is -2.30. The number of anilines is 2. The second-order valence-electron chi connectivity index (χ2n) is 8.84. The van der Waals surface area contributed by atoms with Crippen LogP contribution in [0.15, 0.2) is 101 Å². The Morgan fingerprint density at radius 2 is 1.55 bits per heavy atom. The lowest BCUT2D eigenvalue weighted by atomic mass is 10.1. The Morgan fingerprint density at radius 3 is 2.21 bits per heavy atom. The summed E-state index contributed by atoms with van der Waals surface area (Å²) in [4.78, 5) is 14.3. The number of nitrogens with zero attached hydrogens (tertiary/aromatic N) is 2. The first-order chi connectivity index (χ1) is 18.4. The van der Waals surface area contributed by atoms with E-state index in [0.29, 0.717) is 16.9 Å². The van der Waals surface area contributed by atoms with Crippen LogP contribution in [0.1, 0.15) is 24.2 Å². The number of thioether (sulfide) groups is 1. The lowest BCUT2D eigenvalue weighted by molar-refractivity contribution is 0.102. The Morgan fingerprint density at radius 1 is 0.868 bits per heavy atom. The summed E-state index contributed by atoms with van der Waals surface area (Å²) in [5.74, 6) is -0.256. The molecular formula is C30H29N3O3S2. The summed E-state index contributed by atoms with van der Waals surface area (Å²) < 4.78 is 30.2. The highest BCUT2D eigenvalue weighted by atomic mass is 32.2. The highest BCUT2D eigenvalue weighted by Gasteiger charge is 2.24. The summed E-state index contributed by atoms with van der Waals surface area (Å²) >= 11 is 1.56. The van der Waals surface area contributed by atoms with Crippen LogP contribution < -0.4 is 9.62 Å². The zero-order chi connectivity index (χ0) is 26.9. The third-order valence-corrected chi connectivity index (χ3v) is 9.36. The highest BCUT2D eigenvalue weighted by Crippen LogP contribution is 2.31. The largest absolute Gasteiger partial charge is 0.341 e. The number of fused-ring (bicyclic) bond motifs is 3. The molecule has 5 rings (SSSR count). The van der Waals surface area contributed by atoms with Gasteiger partial charge < -0.3 is 9.88 Å². The van der Waals surface area contributed by atoms with E-state index in [0.717, 1.165) is 27.7 Å². The Bertz CT molecular complexity index is 1730. The zero-order valence-corrected chi connectivity index (χ0v) is 23.1. The molecule has 0 aliphatic carbocycles. The monoisotopic (exact) mass is 543 g/mol. The van der Waals surface area contributed by atoms with Crippen molar-refractivity contribution in [3.63, 3.8) is 0 Å². The standard InChI is InChI=1S/C30H29N3O3S2/c1-4-32-28-9-7-6-8-26(28)27-20-22(12-19-29(27)32)31-30(34)21-10-13-23(14-11-21)33(5-2)38(35,36)25-17-15-24(37-3)16-18-25/h6-20H,4-5H2,1-3H3,(H,31,34). The van der Waals surface area contributed by atoms with E-state index in [-0.39, 0.29) is 17.3 Å². The average molecular weight is 544 g/mol. The minimum Gasteiger partial charge on any atom is -0.341 e. The van der Waals surface area contributed by atoms with Crippen molar-refractivity contribution < 1.29 is 13.2 Å². The lowest BCUT2D eigenvalue weighted by Gasteiger charge is -2.23. The number of hydrogen-bond acceptors (Lipinski definition) is 4. The smallest absolute Gasteiger partial charge is 0.264 e. The van der Waals surface area contributed by atoms with Gasteiger partial charge in [-0.2, -0.15) is 0 Å². The first-order valence-electron chi connectivity index (χ1n) is 12.5. The Labute approximate surface area is 227 Å². The predicted octanol–water partition coefficient (Wildman–Crippen LogP) is 7.00. The minimum atomic E-state index is -3.73. The summed E-state index contributed by atoms with van der Waals surface area (Å²) in [7, 11) is -3.73. The van der Waals surface area contributed by atoms with Crippen molar-refractivity contribution in [1.82, 2.24) is 4.57 Å². The second kappa shape index (κ2) is 10.6. The van der Waals surface area contributed by atoms with E-state index in [1.165, 1.54) is 9.82 Å². The summed E-state index contributed by atoms with van der Waals surface area (Å²) in [6, 6.07) is 27.7. The van der Waals surface area contributed by atoms with E-state index < -0.39 is 10.0 Å². The molecule has 0 bridgehead atoms. The molecule has 0 saturated heterocycles. The molecule has 0 unspecified atom stereocenters. The zero-order valence-electron chi connectivity index (χ0n) is 21.5. The van der Waals surface area contributed by atoms with Crippen LogP contribution in [0.2, 0.25) is 0 Å². The number of rotatable bonds is 8. The van der Waals surface area contributed by atoms with Gasteiger partial charge in [-0.3, -0.25) is 9.10 Å². The molecule has 0 spiro atoms. The van der Waals surface area contributed by atoms with Crippen LogP contribution in [0.5, 0.6) is 0 Å². The first kappa shape index (κ1) is 25.9. The number of carbonyl (C=O) groups excluding carboxylic acids is 1. The van der Waals surface area contributed by atoms with Gasteiger partial charge in [0.05, 0.1) is 10.6 Å². The van der Waals surface area contributed by atoms with Gasteiger partial charge in [-0.1, -0.05) is 18.2 Å². The van der Waals surface area contributed by atoms with E-state index in [1.807, 2.05) is 36.6 Å². The van der Waals surface area contributed by atoms with E-state index in [1.54, 1.807) is 67.2 Å². The number of nitrogens with one attached hydrogen (secondary N) is 1. The number of aryl methyl sites for hydroxylation is 1. The number of benzene rings is 4. The maximum atomic E-state index is 13.3. The third kappa shape index (κ3) is 4.66. The molecule has 8 heteroatoms. The fourth-order valence-electron chi connectivity index (χ4n) is 4.82. The van der Waals surface area contributed by atoms with Crippen molar-refractivity contribution in [3.8, 4) is 0 Å². The third-order valence-electron chi connectivity index (χ3n) is 6.70. The molecular weight excluding hydrogens is 514 g/mol. The molecule has 1 aromatic heterocycles. The molecule has 0 atom stereocenters. The SMILES string of the molecule is CCN(c1ccc(C(=O)Nc2ccc3c(c2)c2ccccc2n3CC)cc1)S(=O)(=O)c1ccc(SC)cc1. The number of sulfonamides is 1. The molecule has 0 radical (unpaired) electrons. The number of amides is 1. The molecule has 5 aromatic rings. The Hall–Kier alpha value is -3.75. The quantitative estimate of drug-likeness (QED) is 0.214. The second-order valence-corrected chi connectivity index (χ2v) is 11.6. The van der Waals surface area contributed by atoms with Crippen LogP contribution in [0.4, 0.5) is 11.4 Å². The van der Waals surface area contributed by atoms with E-state index >= 15 is 0 Å². The van der Waals surface area contributed by atoms with E-state index in [9.17, 15) is 13.2 Å². The van der Waals surface area contributed by atoms with Gasteiger partial charge in [0.1, 0.15) is 0 Å².